The number of aromatic amines is 1. The van der Waals surface area contributed by atoms with E-state index in [4.69, 9.17) is 0 Å². The molecule has 2 fully saturated rings. The van der Waals surface area contributed by atoms with Crippen LogP contribution < -0.4 is 16.3 Å². The number of imidazole rings is 1. The lowest BCUT2D eigenvalue weighted by Crippen LogP contribution is -2.52. The van der Waals surface area contributed by atoms with Crippen molar-refractivity contribution in [3.8, 4) is 11.8 Å². The molecule has 0 radical (unpaired) electrons. The second kappa shape index (κ2) is 8.28. The van der Waals surface area contributed by atoms with E-state index in [0.717, 1.165) is 0 Å². The zero-order valence-corrected chi connectivity index (χ0v) is 17.0. The Balaban J connectivity index is 1.68. The van der Waals surface area contributed by atoms with Crippen molar-refractivity contribution in [2.75, 3.05) is 19.6 Å². The molecular weight excluding hydrogens is 402 g/mol. The fourth-order valence-electron chi connectivity index (χ4n) is 4.21. The topological polar surface area (TPSA) is 137 Å². The van der Waals surface area contributed by atoms with Crippen LogP contribution in [-0.2, 0) is 16.6 Å². The minimum Gasteiger partial charge on any atom is -0.465 e. The Bertz CT molecular complexity index is 1180. The van der Waals surface area contributed by atoms with Crippen molar-refractivity contribution in [2.24, 2.45) is 7.05 Å². The Kier molecular flexibility index (Phi) is 5.52. The minimum atomic E-state index is -0.946. The van der Waals surface area contributed by atoms with Gasteiger partial charge >= 0.3 is 11.8 Å². The summed E-state index contributed by atoms with van der Waals surface area (Å²) in [6.45, 7) is 1.37. The molecule has 2 aromatic rings. The van der Waals surface area contributed by atoms with E-state index in [1.807, 2.05) is 0 Å². The third kappa shape index (κ3) is 4.04. The molecule has 2 aliphatic rings. The van der Waals surface area contributed by atoms with Gasteiger partial charge in [-0.2, -0.15) is 0 Å². The number of aromatic nitrogens is 2. The number of nitrogens with zero attached hydrogens (tertiary/aromatic N) is 2. The van der Waals surface area contributed by atoms with Crippen molar-refractivity contribution in [1.82, 2.24) is 25.1 Å². The monoisotopic (exact) mass is 425 g/mol. The lowest BCUT2D eigenvalue weighted by atomic mass is 9.86. The number of carbonyl (C=O) groups excluding carboxylic acids is 2. The van der Waals surface area contributed by atoms with Crippen LogP contribution in [0.4, 0.5) is 4.79 Å². The summed E-state index contributed by atoms with van der Waals surface area (Å²) < 4.78 is 1.45. The van der Waals surface area contributed by atoms with E-state index in [1.165, 1.54) is 9.47 Å². The molecule has 0 aliphatic carbocycles. The number of carboxylic acid groups (broad SMARTS) is 1. The Morgan fingerprint density at radius 2 is 2.10 bits per heavy atom. The highest BCUT2D eigenvalue weighted by atomic mass is 16.4. The molecule has 3 heterocycles. The third-order valence-electron chi connectivity index (χ3n) is 5.78. The van der Waals surface area contributed by atoms with E-state index in [1.54, 1.807) is 19.2 Å². The Hall–Kier alpha value is -3.58. The second-order valence-electron chi connectivity index (χ2n) is 7.80. The van der Waals surface area contributed by atoms with Gasteiger partial charge in [-0.15, -0.1) is 0 Å². The average Bonchev–Trinajstić information content (AvgIpc) is 3.02. The number of nitrogens with one attached hydrogen (secondary N) is 3. The standard InChI is InChI=1S/C21H23N5O5/c1-25-18-15(23-20(25)29)7-5-12(17(18)14-6-8-16(27)24-19(14)28)3-2-4-13-11-26(21(30)31)10-9-22-13/h5,7,13-14,22H,4,6,8-11H2,1H3,(H,23,29)(H,30,31)(H,24,27,28). The van der Waals surface area contributed by atoms with Gasteiger partial charge in [0, 0.05) is 56.7 Å². The van der Waals surface area contributed by atoms with Crippen LogP contribution in [0.3, 0.4) is 0 Å². The highest BCUT2D eigenvalue weighted by Gasteiger charge is 2.32. The number of piperazine rings is 1. The second-order valence-corrected chi connectivity index (χ2v) is 7.80. The number of hydrogen-bond acceptors (Lipinski definition) is 5. The first-order chi connectivity index (χ1) is 14.8. The molecule has 0 saturated carbocycles. The fourth-order valence-corrected chi connectivity index (χ4v) is 4.21. The molecule has 10 heteroatoms. The number of aryl methyl sites for hydroxylation is 1. The van der Waals surface area contributed by atoms with E-state index >= 15 is 0 Å². The van der Waals surface area contributed by atoms with Gasteiger partial charge in [-0.3, -0.25) is 19.5 Å². The summed E-state index contributed by atoms with van der Waals surface area (Å²) in [7, 11) is 1.63. The van der Waals surface area contributed by atoms with Gasteiger partial charge in [-0.25, -0.2) is 9.59 Å². The van der Waals surface area contributed by atoms with Crippen LogP contribution in [0.15, 0.2) is 16.9 Å². The lowest BCUT2D eigenvalue weighted by molar-refractivity contribution is -0.134. The first-order valence-electron chi connectivity index (χ1n) is 10.1. The van der Waals surface area contributed by atoms with Crippen molar-refractivity contribution in [1.29, 1.82) is 0 Å². The van der Waals surface area contributed by atoms with Crippen LogP contribution >= 0.6 is 0 Å². The summed E-state index contributed by atoms with van der Waals surface area (Å²) >= 11 is 0. The highest BCUT2D eigenvalue weighted by molar-refractivity contribution is 6.03. The molecule has 0 spiro atoms. The average molecular weight is 425 g/mol. The summed E-state index contributed by atoms with van der Waals surface area (Å²) in [5.74, 6) is 4.91. The lowest BCUT2D eigenvalue weighted by Gasteiger charge is -2.30. The molecule has 2 unspecified atom stereocenters. The summed E-state index contributed by atoms with van der Waals surface area (Å²) in [5, 5.41) is 14.8. The van der Waals surface area contributed by atoms with Crippen LogP contribution in [0.5, 0.6) is 0 Å². The third-order valence-corrected chi connectivity index (χ3v) is 5.78. The zero-order valence-electron chi connectivity index (χ0n) is 17.0. The number of carbonyl (C=O) groups is 3. The van der Waals surface area contributed by atoms with E-state index < -0.39 is 17.9 Å². The predicted octanol–water partition coefficient (Wildman–Crippen LogP) is 0.0802. The molecule has 2 aliphatic heterocycles. The molecular formula is C21H23N5O5. The Morgan fingerprint density at radius 1 is 1.29 bits per heavy atom. The van der Waals surface area contributed by atoms with Crippen molar-refractivity contribution in [3.63, 3.8) is 0 Å². The van der Waals surface area contributed by atoms with E-state index in [2.05, 4.69) is 27.5 Å². The van der Waals surface area contributed by atoms with E-state index in [0.29, 0.717) is 54.6 Å². The molecule has 1 aromatic heterocycles. The maximum Gasteiger partial charge on any atom is 0.407 e. The van der Waals surface area contributed by atoms with Crippen LogP contribution in [0, 0.1) is 11.8 Å². The van der Waals surface area contributed by atoms with Gasteiger partial charge in [0.25, 0.3) is 0 Å². The molecule has 2 saturated heterocycles. The number of H-pyrrole nitrogens is 1. The normalized spacial score (nSPS) is 21.5. The summed E-state index contributed by atoms with van der Waals surface area (Å²) in [6, 6.07) is 3.43. The summed E-state index contributed by atoms with van der Waals surface area (Å²) in [5.41, 5.74) is 2.14. The zero-order chi connectivity index (χ0) is 22.1. The number of rotatable bonds is 2. The predicted molar refractivity (Wildman–Crippen MR) is 112 cm³/mol. The molecule has 31 heavy (non-hydrogen) atoms. The number of amides is 3. The maximum atomic E-state index is 12.6. The van der Waals surface area contributed by atoms with Crippen molar-refractivity contribution in [2.45, 2.75) is 31.2 Å². The maximum absolute atomic E-state index is 12.6. The number of fused-ring (bicyclic) bond motifs is 1. The molecule has 1 aromatic carbocycles. The van der Waals surface area contributed by atoms with Crippen molar-refractivity contribution < 1.29 is 19.5 Å². The Morgan fingerprint density at radius 3 is 2.84 bits per heavy atom. The first-order valence-corrected chi connectivity index (χ1v) is 10.1. The van der Waals surface area contributed by atoms with E-state index in [9.17, 15) is 24.3 Å². The van der Waals surface area contributed by atoms with Gasteiger partial charge in [0.1, 0.15) is 0 Å². The van der Waals surface area contributed by atoms with Gasteiger partial charge in [0.2, 0.25) is 11.8 Å². The van der Waals surface area contributed by atoms with E-state index in [-0.39, 0.29) is 24.1 Å². The van der Waals surface area contributed by atoms with Crippen LogP contribution in [0.2, 0.25) is 0 Å². The number of imide groups is 1. The molecule has 3 amide bonds. The molecule has 10 nitrogen and oxygen atoms in total. The molecule has 0 bridgehead atoms. The molecule has 2 atom stereocenters. The summed E-state index contributed by atoms with van der Waals surface area (Å²) in [4.78, 5) is 51.7. The van der Waals surface area contributed by atoms with Gasteiger partial charge in [0.15, 0.2) is 0 Å². The summed E-state index contributed by atoms with van der Waals surface area (Å²) in [6.07, 6.45) is 0.0475. The van der Waals surface area contributed by atoms with Gasteiger partial charge in [-0.1, -0.05) is 11.8 Å². The van der Waals surface area contributed by atoms with Crippen molar-refractivity contribution >= 4 is 28.9 Å². The minimum absolute atomic E-state index is 0.0863. The smallest absolute Gasteiger partial charge is 0.407 e. The quantitative estimate of drug-likeness (QED) is 0.397. The molecule has 4 N–H and O–H groups in total. The largest absolute Gasteiger partial charge is 0.465 e. The number of benzene rings is 1. The van der Waals surface area contributed by atoms with Crippen LogP contribution in [-0.4, -0.2) is 63.1 Å². The number of piperidine rings is 1. The fraction of sp³-hybridized carbons (Fsp3) is 0.429. The Labute approximate surface area is 177 Å². The SMILES string of the molecule is Cn1c(=O)[nH]c2ccc(C#CCC3CN(C(=O)O)CCN3)c(C3CCC(=O)NC3=O)c21. The van der Waals surface area contributed by atoms with Crippen LogP contribution in [0.1, 0.15) is 36.3 Å². The van der Waals surface area contributed by atoms with Gasteiger partial charge in [-0.05, 0) is 18.6 Å². The first kappa shape index (κ1) is 20.7. The van der Waals surface area contributed by atoms with Crippen molar-refractivity contribution in [3.05, 3.63) is 33.7 Å². The van der Waals surface area contributed by atoms with Crippen LogP contribution in [0.25, 0.3) is 11.0 Å². The van der Waals surface area contributed by atoms with Gasteiger partial charge < -0.3 is 20.3 Å². The molecule has 162 valence electrons. The number of hydrogen-bond donors (Lipinski definition) is 4. The highest BCUT2D eigenvalue weighted by Crippen LogP contribution is 2.32. The van der Waals surface area contributed by atoms with Gasteiger partial charge in [0.05, 0.1) is 17.0 Å². The molecule has 4 rings (SSSR count).